The van der Waals surface area contributed by atoms with Crippen molar-refractivity contribution in [3.63, 3.8) is 0 Å². The Labute approximate surface area is 126 Å². The van der Waals surface area contributed by atoms with E-state index in [1.54, 1.807) is 0 Å². The third kappa shape index (κ3) is 2.32. The van der Waals surface area contributed by atoms with Gasteiger partial charge in [0.1, 0.15) is 0 Å². The van der Waals surface area contributed by atoms with Gasteiger partial charge in [-0.3, -0.25) is 0 Å². The van der Waals surface area contributed by atoms with E-state index < -0.39 is 0 Å². The molecule has 0 aromatic carbocycles. The normalized spacial score (nSPS) is 39.1. The largest absolute Gasteiger partial charge is 0.338 e. The molecule has 4 aliphatic carbocycles. The Morgan fingerprint density at radius 2 is 1.71 bits per heavy atom. The molecule has 1 atom stereocenters. The Balaban J connectivity index is 1.58. The van der Waals surface area contributed by atoms with Crippen molar-refractivity contribution in [2.24, 2.45) is 29.4 Å². The fourth-order valence-electron chi connectivity index (χ4n) is 5.59. The van der Waals surface area contributed by atoms with Crippen molar-refractivity contribution < 1.29 is 4.52 Å². The maximum absolute atomic E-state index is 6.20. The maximum atomic E-state index is 6.20. The highest BCUT2D eigenvalue weighted by atomic mass is 16.5. The molecule has 4 heteroatoms. The summed E-state index contributed by atoms with van der Waals surface area (Å²) in [5.74, 6) is 4.88. The molecular formula is C17H27N3O. The van der Waals surface area contributed by atoms with Crippen molar-refractivity contribution in [1.29, 1.82) is 0 Å². The van der Waals surface area contributed by atoms with Gasteiger partial charge in [-0.15, -0.1) is 0 Å². The van der Waals surface area contributed by atoms with E-state index in [2.05, 4.69) is 19.0 Å². The van der Waals surface area contributed by atoms with Crippen molar-refractivity contribution in [1.82, 2.24) is 10.1 Å². The van der Waals surface area contributed by atoms with Crippen molar-refractivity contribution >= 4 is 0 Å². The van der Waals surface area contributed by atoms with E-state index in [4.69, 9.17) is 15.2 Å². The summed E-state index contributed by atoms with van der Waals surface area (Å²) in [5.41, 5.74) is 6.42. The maximum Gasteiger partial charge on any atom is 0.243 e. The van der Waals surface area contributed by atoms with Crippen LogP contribution in [-0.4, -0.2) is 10.1 Å². The smallest absolute Gasteiger partial charge is 0.243 e. The summed E-state index contributed by atoms with van der Waals surface area (Å²) >= 11 is 0. The molecule has 1 aromatic heterocycles. The number of hydrogen-bond donors (Lipinski definition) is 1. The monoisotopic (exact) mass is 289 g/mol. The lowest BCUT2D eigenvalue weighted by molar-refractivity contribution is -0.0103. The van der Waals surface area contributed by atoms with Gasteiger partial charge >= 0.3 is 0 Å². The summed E-state index contributed by atoms with van der Waals surface area (Å²) in [7, 11) is 0. The molecule has 4 aliphatic rings. The van der Waals surface area contributed by atoms with E-state index in [1.165, 1.54) is 38.5 Å². The SMILES string of the molecule is CC(C)C[C@@H](N)c1nc(C23CC4CC(CC(C4)C2)C3)no1. The van der Waals surface area contributed by atoms with Gasteiger partial charge in [-0.25, -0.2) is 0 Å². The number of aromatic nitrogens is 2. The predicted octanol–water partition coefficient (Wildman–Crippen LogP) is 3.58. The fraction of sp³-hybridized carbons (Fsp3) is 0.882. The highest BCUT2D eigenvalue weighted by molar-refractivity contribution is 5.16. The molecule has 0 spiro atoms. The van der Waals surface area contributed by atoms with E-state index in [-0.39, 0.29) is 11.5 Å². The average molecular weight is 289 g/mol. The van der Waals surface area contributed by atoms with E-state index >= 15 is 0 Å². The molecule has 0 saturated heterocycles. The van der Waals surface area contributed by atoms with Crippen LogP contribution in [0.15, 0.2) is 4.52 Å². The third-order valence-electron chi connectivity index (χ3n) is 6.00. The Hall–Kier alpha value is -0.900. The lowest BCUT2D eigenvalue weighted by atomic mass is 9.49. The van der Waals surface area contributed by atoms with Gasteiger partial charge in [-0.05, 0) is 68.6 Å². The third-order valence-corrected chi connectivity index (χ3v) is 6.00. The molecule has 116 valence electrons. The zero-order valence-electron chi connectivity index (χ0n) is 13.2. The van der Waals surface area contributed by atoms with Crippen LogP contribution in [0.3, 0.4) is 0 Å². The Bertz CT molecular complexity index is 487. The lowest BCUT2D eigenvalue weighted by Crippen LogP contribution is -2.49. The van der Waals surface area contributed by atoms with Crippen molar-refractivity contribution in [3.05, 3.63) is 11.7 Å². The zero-order valence-corrected chi connectivity index (χ0v) is 13.2. The molecular weight excluding hydrogens is 262 g/mol. The van der Waals surface area contributed by atoms with Gasteiger partial charge in [0.15, 0.2) is 5.82 Å². The van der Waals surface area contributed by atoms with Gasteiger partial charge in [0.05, 0.1) is 6.04 Å². The van der Waals surface area contributed by atoms with Crippen LogP contribution in [0, 0.1) is 23.7 Å². The standard InChI is InChI=1S/C17H27N3O/c1-10(2)3-14(18)15-19-16(20-21-15)17-7-11-4-12(8-17)6-13(5-11)9-17/h10-14H,3-9,18H2,1-2H3/t11?,12?,13?,14-,17?/m1/s1. The van der Waals surface area contributed by atoms with Crippen LogP contribution in [0.1, 0.15) is 76.6 Å². The lowest BCUT2D eigenvalue weighted by Gasteiger charge is -2.55. The summed E-state index contributed by atoms with van der Waals surface area (Å²) < 4.78 is 5.53. The molecule has 21 heavy (non-hydrogen) atoms. The van der Waals surface area contributed by atoms with Crippen LogP contribution in [0.2, 0.25) is 0 Å². The van der Waals surface area contributed by atoms with E-state index in [1.807, 2.05) is 0 Å². The Kier molecular flexibility index (Phi) is 3.14. The zero-order chi connectivity index (χ0) is 14.6. The number of nitrogens with zero attached hydrogens (tertiary/aromatic N) is 2. The van der Waals surface area contributed by atoms with E-state index in [0.29, 0.717) is 11.8 Å². The van der Waals surface area contributed by atoms with Crippen LogP contribution >= 0.6 is 0 Å². The van der Waals surface area contributed by atoms with Gasteiger partial charge in [-0.1, -0.05) is 19.0 Å². The van der Waals surface area contributed by atoms with Crippen LogP contribution in [0.4, 0.5) is 0 Å². The second-order valence-corrected chi connectivity index (χ2v) is 8.39. The van der Waals surface area contributed by atoms with Crippen LogP contribution < -0.4 is 5.73 Å². The first-order chi connectivity index (χ1) is 10.0. The first kappa shape index (κ1) is 13.7. The first-order valence-corrected chi connectivity index (χ1v) is 8.64. The molecule has 4 saturated carbocycles. The summed E-state index contributed by atoms with van der Waals surface area (Å²) in [6, 6.07) is -0.111. The van der Waals surface area contributed by atoms with Crippen LogP contribution in [0.5, 0.6) is 0 Å². The second-order valence-electron chi connectivity index (χ2n) is 8.39. The van der Waals surface area contributed by atoms with Crippen molar-refractivity contribution in [2.45, 2.75) is 70.3 Å². The minimum absolute atomic E-state index is 0.111. The summed E-state index contributed by atoms with van der Waals surface area (Å²) in [5, 5.41) is 4.37. The molecule has 4 fully saturated rings. The van der Waals surface area contributed by atoms with Crippen LogP contribution in [0.25, 0.3) is 0 Å². The highest BCUT2D eigenvalue weighted by Gasteiger charge is 2.53. The van der Waals surface area contributed by atoms with Crippen molar-refractivity contribution in [2.75, 3.05) is 0 Å². The van der Waals surface area contributed by atoms with Crippen LogP contribution in [-0.2, 0) is 5.41 Å². The van der Waals surface area contributed by atoms with Gasteiger partial charge in [0, 0.05) is 5.41 Å². The molecule has 1 aromatic rings. The van der Waals surface area contributed by atoms with E-state index in [0.717, 1.165) is 30.0 Å². The quantitative estimate of drug-likeness (QED) is 0.920. The Morgan fingerprint density at radius 3 is 2.24 bits per heavy atom. The van der Waals surface area contributed by atoms with Gasteiger partial charge in [0.2, 0.25) is 5.89 Å². The molecule has 0 aliphatic heterocycles. The molecule has 4 nitrogen and oxygen atoms in total. The summed E-state index contributed by atoms with van der Waals surface area (Å²) in [6.45, 7) is 4.35. The minimum atomic E-state index is -0.111. The number of nitrogens with two attached hydrogens (primary N) is 1. The first-order valence-electron chi connectivity index (χ1n) is 8.64. The van der Waals surface area contributed by atoms with Crippen molar-refractivity contribution in [3.8, 4) is 0 Å². The molecule has 2 N–H and O–H groups in total. The van der Waals surface area contributed by atoms with Gasteiger partial charge < -0.3 is 10.3 Å². The highest BCUT2D eigenvalue weighted by Crippen LogP contribution is 2.60. The molecule has 0 radical (unpaired) electrons. The average Bonchev–Trinajstić information content (AvgIpc) is 2.86. The van der Waals surface area contributed by atoms with E-state index in [9.17, 15) is 0 Å². The molecule has 4 bridgehead atoms. The summed E-state index contributed by atoms with van der Waals surface area (Å²) in [6.07, 6.45) is 9.05. The van der Waals surface area contributed by atoms with Gasteiger partial charge in [0.25, 0.3) is 0 Å². The topological polar surface area (TPSA) is 64.9 Å². The molecule has 5 rings (SSSR count). The number of hydrogen-bond acceptors (Lipinski definition) is 4. The minimum Gasteiger partial charge on any atom is -0.338 e. The fourth-order valence-corrected chi connectivity index (χ4v) is 5.59. The predicted molar refractivity (Wildman–Crippen MR) is 80.5 cm³/mol. The van der Waals surface area contributed by atoms with Gasteiger partial charge in [-0.2, -0.15) is 4.98 Å². The Morgan fingerprint density at radius 1 is 1.14 bits per heavy atom. The summed E-state index contributed by atoms with van der Waals surface area (Å²) in [4.78, 5) is 4.75. The molecule has 0 amide bonds. The number of rotatable bonds is 4. The second kappa shape index (κ2) is 4.80. The molecule has 1 heterocycles. The molecule has 0 unspecified atom stereocenters.